The topological polar surface area (TPSA) is 45.2 Å². The number of nitrogens with zero attached hydrogens (tertiary/aromatic N) is 2. The first-order chi connectivity index (χ1) is 13.8. The molecular weight excluding hydrogens is 366 g/mol. The molecule has 4 rings (SSSR count). The molecule has 0 saturated carbocycles. The number of fused-ring (bicyclic) bond motifs is 1. The van der Waals surface area contributed by atoms with E-state index < -0.39 is 0 Å². The SMILES string of the molecule is O=C(CCc1nc2ccccc2s1)NCC1CCCCN1Cc1ccccc1. The van der Waals surface area contributed by atoms with Crippen LogP contribution in [-0.2, 0) is 17.8 Å². The third-order valence-electron chi connectivity index (χ3n) is 5.42. The molecule has 0 spiro atoms. The Kier molecular flexibility index (Phi) is 6.34. The van der Waals surface area contributed by atoms with E-state index in [2.05, 4.69) is 51.6 Å². The van der Waals surface area contributed by atoms with Crippen molar-refractivity contribution in [1.82, 2.24) is 15.2 Å². The number of likely N-dealkylation sites (tertiary alicyclic amines) is 1. The average molecular weight is 394 g/mol. The molecule has 5 heteroatoms. The van der Waals surface area contributed by atoms with Gasteiger partial charge in [-0.3, -0.25) is 9.69 Å². The Morgan fingerprint density at radius 3 is 2.79 bits per heavy atom. The fraction of sp³-hybridized carbons (Fsp3) is 0.391. The Morgan fingerprint density at radius 2 is 1.93 bits per heavy atom. The molecule has 1 aliphatic rings. The average Bonchev–Trinajstić information content (AvgIpc) is 3.15. The summed E-state index contributed by atoms with van der Waals surface area (Å²) >= 11 is 1.69. The van der Waals surface area contributed by atoms with Gasteiger partial charge >= 0.3 is 0 Å². The van der Waals surface area contributed by atoms with Gasteiger partial charge in [-0.15, -0.1) is 11.3 Å². The quantitative estimate of drug-likeness (QED) is 0.647. The lowest BCUT2D eigenvalue weighted by molar-refractivity contribution is -0.121. The summed E-state index contributed by atoms with van der Waals surface area (Å²) in [5, 5.41) is 4.21. The molecule has 1 saturated heterocycles. The normalized spacial score (nSPS) is 17.6. The first-order valence-electron chi connectivity index (χ1n) is 10.2. The highest BCUT2D eigenvalue weighted by Crippen LogP contribution is 2.22. The van der Waals surface area contributed by atoms with E-state index >= 15 is 0 Å². The van der Waals surface area contributed by atoms with Crippen LogP contribution in [0.1, 0.15) is 36.3 Å². The second-order valence-corrected chi connectivity index (χ2v) is 8.60. The van der Waals surface area contributed by atoms with Crippen LogP contribution in [0.2, 0.25) is 0 Å². The van der Waals surface area contributed by atoms with Gasteiger partial charge in [-0.25, -0.2) is 4.98 Å². The highest BCUT2D eigenvalue weighted by molar-refractivity contribution is 7.18. The first-order valence-corrected chi connectivity index (χ1v) is 11.0. The lowest BCUT2D eigenvalue weighted by Gasteiger charge is -2.36. The van der Waals surface area contributed by atoms with Crippen LogP contribution in [0, 0.1) is 0 Å². The molecule has 1 unspecified atom stereocenters. The van der Waals surface area contributed by atoms with E-state index in [-0.39, 0.29) is 5.91 Å². The van der Waals surface area contributed by atoms with Crippen LogP contribution in [0.25, 0.3) is 10.2 Å². The van der Waals surface area contributed by atoms with Gasteiger partial charge in [0, 0.05) is 32.0 Å². The number of rotatable bonds is 7. The summed E-state index contributed by atoms with van der Waals surface area (Å²) < 4.78 is 1.19. The second kappa shape index (κ2) is 9.30. The van der Waals surface area contributed by atoms with E-state index in [0.717, 1.165) is 36.6 Å². The number of thiazole rings is 1. The molecular formula is C23H27N3OS. The maximum Gasteiger partial charge on any atom is 0.220 e. The largest absolute Gasteiger partial charge is 0.355 e. The van der Waals surface area contributed by atoms with Crippen molar-refractivity contribution >= 4 is 27.5 Å². The number of piperidine rings is 1. The summed E-state index contributed by atoms with van der Waals surface area (Å²) in [5.74, 6) is 0.129. The molecule has 1 atom stereocenters. The molecule has 0 aliphatic carbocycles. The van der Waals surface area contributed by atoms with E-state index in [1.807, 2.05) is 18.2 Å². The molecule has 1 aliphatic heterocycles. The van der Waals surface area contributed by atoms with Crippen molar-refractivity contribution in [2.24, 2.45) is 0 Å². The minimum Gasteiger partial charge on any atom is -0.355 e. The minimum absolute atomic E-state index is 0.129. The first kappa shape index (κ1) is 19.1. The molecule has 28 heavy (non-hydrogen) atoms. The van der Waals surface area contributed by atoms with Crippen LogP contribution in [-0.4, -0.2) is 34.9 Å². The number of aromatic nitrogens is 1. The molecule has 1 amide bonds. The van der Waals surface area contributed by atoms with Crippen molar-refractivity contribution in [3.8, 4) is 0 Å². The summed E-state index contributed by atoms with van der Waals surface area (Å²) in [4.78, 5) is 19.5. The summed E-state index contributed by atoms with van der Waals surface area (Å²) in [6.07, 6.45) is 4.87. The summed E-state index contributed by atoms with van der Waals surface area (Å²) in [7, 11) is 0. The monoisotopic (exact) mass is 393 g/mol. The van der Waals surface area contributed by atoms with Crippen LogP contribution in [0.15, 0.2) is 54.6 Å². The molecule has 0 radical (unpaired) electrons. The number of carbonyl (C=O) groups is 1. The molecule has 3 aromatic rings. The smallest absolute Gasteiger partial charge is 0.220 e. The zero-order chi connectivity index (χ0) is 19.2. The van der Waals surface area contributed by atoms with E-state index in [0.29, 0.717) is 18.9 Å². The third-order valence-corrected chi connectivity index (χ3v) is 6.51. The number of carbonyl (C=O) groups excluding carboxylic acids is 1. The van der Waals surface area contributed by atoms with Crippen LogP contribution in [0.4, 0.5) is 0 Å². The van der Waals surface area contributed by atoms with E-state index in [4.69, 9.17) is 0 Å². The van der Waals surface area contributed by atoms with Crippen molar-refractivity contribution in [2.75, 3.05) is 13.1 Å². The Morgan fingerprint density at radius 1 is 1.11 bits per heavy atom. The number of hydrogen-bond donors (Lipinski definition) is 1. The fourth-order valence-electron chi connectivity index (χ4n) is 3.88. The number of hydrogen-bond acceptors (Lipinski definition) is 4. The van der Waals surface area contributed by atoms with Crippen molar-refractivity contribution in [3.63, 3.8) is 0 Å². The summed E-state index contributed by atoms with van der Waals surface area (Å²) in [6.45, 7) is 2.82. The van der Waals surface area contributed by atoms with Gasteiger partial charge < -0.3 is 5.32 Å². The van der Waals surface area contributed by atoms with Gasteiger partial charge in [0.25, 0.3) is 0 Å². The number of benzene rings is 2. The summed E-state index contributed by atoms with van der Waals surface area (Å²) in [6, 6.07) is 19.2. The zero-order valence-corrected chi connectivity index (χ0v) is 17.0. The Hall–Kier alpha value is -2.24. The van der Waals surface area contributed by atoms with Crippen LogP contribution in [0.3, 0.4) is 0 Å². The lowest BCUT2D eigenvalue weighted by Crippen LogP contribution is -2.46. The van der Waals surface area contributed by atoms with Gasteiger partial charge in [0.2, 0.25) is 5.91 Å². The molecule has 1 N–H and O–H groups in total. The van der Waals surface area contributed by atoms with Crippen molar-refractivity contribution in [3.05, 3.63) is 65.2 Å². The van der Waals surface area contributed by atoms with E-state index in [1.54, 1.807) is 11.3 Å². The van der Waals surface area contributed by atoms with Gasteiger partial charge in [-0.2, -0.15) is 0 Å². The highest BCUT2D eigenvalue weighted by Gasteiger charge is 2.22. The molecule has 4 nitrogen and oxygen atoms in total. The van der Waals surface area contributed by atoms with Crippen LogP contribution in [0.5, 0.6) is 0 Å². The molecule has 0 bridgehead atoms. The lowest BCUT2D eigenvalue weighted by atomic mass is 10.0. The Labute approximate surface area is 170 Å². The summed E-state index contributed by atoms with van der Waals surface area (Å²) in [5.41, 5.74) is 2.37. The molecule has 2 aromatic carbocycles. The predicted molar refractivity (Wildman–Crippen MR) is 115 cm³/mol. The number of nitrogens with one attached hydrogen (secondary N) is 1. The zero-order valence-electron chi connectivity index (χ0n) is 16.1. The van der Waals surface area contributed by atoms with Gasteiger partial charge in [0.1, 0.15) is 0 Å². The Bertz CT molecular complexity index is 875. The van der Waals surface area contributed by atoms with Gasteiger partial charge in [-0.1, -0.05) is 48.9 Å². The van der Waals surface area contributed by atoms with Crippen molar-refractivity contribution in [1.29, 1.82) is 0 Å². The third kappa shape index (κ3) is 4.97. The predicted octanol–water partition coefficient (Wildman–Crippen LogP) is 4.40. The van der Waals surface area contributed by atoms with E-state index in [1.165, 1.54) is 23.1 Å². The minimum atomic E-state index is 0.129. The molecule has 1 fully saturated rings. The molecule has 1 aromatic heterocycles. The maximum atomic E-state index is 12.4. The van der Waals surface area contributed by atoms with Crippen LogP contribution >= 0.6 is 11.3 Å². The number of para-hydroxylation sites is 1. The maximum absolute atomic E-state index is 12.4. The van der Waals surface area contributed by atoms with Gasteiger partial charge in [-0.05, 0) is 37.1 Å². The standard InChI is InChI=1S/C23H27N3OS/c27-22(13-14-23-25-20-11-4-5-12-21(20)28-23)24-16-19-10-6-7-15-26(19)17-18-8-2-1-3-9-18/h1-5,8-9,11-12,19H,6-7,10,13-17H2,(H,24,27). The number of aryl methyl sites for hydroxylation is 1. The van der Waals surface area contributed by atoms with E-state index in [9.17, 15) is 4.79 Å². The van der Waals surface area contributed by atoms with Gasteiger partial charge in [0.15, 0.2) is 0 Å². The fourth-order valence-corrected chi connectivity index (χ4v) is 4.85. The Balaban J connectivity index is 1.26. The highest BCUT2D eigenvalue weighted by atomic mass is 32.1. The van der Waals surface area contributed by atoms with Crippen LogP contribution < -0.4 is 5.32 Å². The van der Waals surface area contributed by atoms with Gasteiger partial charge in [0.05, 0.1) is 15.2 Å². The molecule has 146 valence electrons. The van der Waals surface area contributed by atoms with Crippen molar-refractivity contribution in [2.45, 2.75) is 44.7 Å². The van der Waals surface area contributed by atoms with Crippen molar-refractivity contribution < 1.29 is 4.79 Å². The number of amides is 1. The second-order valence-electron chi connectivity index (χ2n) is 7.49. The molecule has 2 heterocycles.